The summed E-state index contributed by atoms with van der Waals surface area (Å²) in [5.41, 5.74) is 1.45. The van der Waals surface area contributed by atoms with Crippen molar-refractivity contribution in [2.45, 2.75) is 6.54 Å². The van der Waals surface area contributed by atoms with E-state index >= 15 is 0 Å². The zero-order valence-corrected chi connectivity index (χ0v) is 12.4. The Kier molecular flexibility index (Phi) is 4.16. The Morgan fingerprint density at radius 1 is 1.14 bits per heavy atom. The van der Waals surface area contributed by atoms with Crippen molar-refractivity contribution in [3.8, 4) is 5.82 Å². The maximum atomic E-state index is 12.1. The summed E-state index contributed by atoms with van der Waals surface area (Å²) in [6, 6.07) is 12.3. The molecule has 0 unspecified atom stereocenters. The molecule has 110 valence electrons. The summed E-state index contributed by atoms with van der Waals surface area (Å²) < 4.78 is 1.67. The average Bonchev–Trinajstić information content (AvgIpc) is 3.08. The van der Waals surface area contributed by atoms with Crippen LogP contribution in [-0.4, -0.2) is 20.7 Å². The molecular weight excluding hydrogens is 300 g/mol. The van der Waals surface area contributed by atoms with Crippen molar-refractivity contribution in [1.82, 2.24) is 20.1 Å². The van der Waals surface area contributed by atoms with E-state index in [1.165, 1.54) is 0 Å². The number of benzene rings is 1. The Morgan fingerprint density at radius 2 is 1.95 bits per heavy atom. The van der Waals surface area contributed by atoms with Crippen LogP contribution in [0, 0.1) is 0 Å². The van der Waals surface area contributed by atoms with Gasteiger partial charge in [-0.2, -0.15) is 5.10 Å². The Balaban J connectivity index is 1.74. The molecule has 1 amide bonds. The number of nitrogens with zero attached hydrogens (tertiary/aromatic N) is 3. The van der Waals surface area contributed by atoms with Crippen LogP contribution < -0.4 is 5.32 Å². The Morgan fingerprint density at radius 3 is 2.68 bits per heavy atom. The zero-order chi connectivity index (χ0) is 15.4. The van der Waals surface area contributed by atoms with Gasteiger partial charge in [0, 0.05) is 41.3 Å². The predicted octanol–water partition coefficient (Wildman–Crippen LogP) is 2.85. The largest absolute Gasteiger partial charge is 0.348 e. The molecule has 0 atom stereocenters. The molecule has 2 aromatic heterocycles. The van der Waals surface area contributed by atoms with E-state index in [2.05, 4.69) is 15.4 Å². The van der Waals surface area contributed by atoms with Gasteiger partial charge < -0.3 is 5.32 Å². The molecule has 5 nitrogen and oxygen atoms in total. The normalized spacial score (nSPS) is 10.4. The molecule has 22 heavy (non-hydrogen) atoms. The summed E-state index contributed by atoms with van der Waals surface area (Å²) in [4.78, 5) is 16.4. The van der Waals surface area contributed by atoms with Crippen LogP contribution in [0.25, 0.3) is 5.82 Å². The first-order valence-electron chi connectivity index (χ1n) is 6.72. The van der Waals surface area contributed by atoms with Gasteiger partial charge in [-0.05, 0) is 36.4 Å². The molecular formula is C16H13ClN4O. The molecule has 0 bridgehead atoms. The maximum Gasteiger partial charge on any atom is 0.251 e. The van der Waals surface area contributed by atoms with Crippen LogP contribution in [0.5, 0.6) is 0 Å². The minimum Gasteiger partial charge on any atom is -0.348 e. The van der Waals surface area contributed by atoms with Gasteiger partial charge in [0.2, 0.25) is 0 Å². The van der Waals surface area contributed by atoms with Crippen molar-refractivity contribution < 1.29 is 4.79 Å². The molecule has 3 aromatic rings. The lowest BCUT2D eigenvalue weighted by Crippen LogP contribution is -2.23. The lowest BCUT2D eigenvalue weighted by Gasteiger charge is -2.09. The first-order valence-corrected chi connectivity index (χ1v) is 7.09. The van der Waals surface area contributed by atoms with Crippen LogP contribution in [-0.2, 0) is 6.54 Å². The third kappa shape index (κ3) is 3.15. The number of hydrogen-bond acceptors (Lipinski definition) is 3. The number of halogens is 1. The van der Waals surface area contributed by atoms with Gasteiger partial charge in [-0.1, -0.05) is 17.7 Å². The van der Waals surface area contributed by atoms with Gasteiger partial charge in [0.05, 0.1) is 0 Å². The number of carbonyl (C=O) groups excluding carboxylic acids is 1. The van der Waals surface area contributed by atoms with E-state index in [1.54, 1.807) is 41.3 Å². The first-order chi connectivity index (χ1) is 10.7. The fourth-order valence-corrected chi connectivity index (χ4v) is 2.17. The topological polar surface area (TPSA) is 59.8 Å². The Bertz CT molecular complexity index is 769. The quantitative estimate of drug-likeness (QED) is 0.806. The molecule has 2 heterocycles. The highest BCUT2D eigenvalue weighted by molar-refractivity contribution is 6.30. The second-order valence-corrected chi connectivity index (χ2v) is 5.06. The van der Waals surface area contributed by atoms with Crippen LogP contribution >= 0.6 is 11.6 Å². The molecule has 0 saturated carbocycles. The van der Waals surface area contributed by atoms with Crippen LogP contribution in [0.15, 0.2) is 61.1 Å². The fraction of sp³-hybridized carbons (Fsp3) is 0.0625. The van der Waals surface area contributed by atoms with E-state index in [0.29, 0.717) is 22.9 Å². The predicted molar refractivity (Wildman–Crippen MR) is 84.0 cm³/mol. The summed E-state index contributed by atoms with van der Waals surface area (Å²) in [6.07, 6.45) is 5.19. The SMILES string of the molecule is O=C(NCc1cccnc1-n1cccn1)c1ccc(Cl)cc1. The molecule has 0 saturated heterocycles. The third-order valence-electron chi connectivity index (χ3n) is 3.13. The number of aromatic nitrogens is 3. The van der Waals surface area contributed by atoms with Gasteiger partial charge in [-0.15, -0.1) is 0 Å². The summed E-state index contributed by atoms with van der Waals surface area (Å²) in [5.74, 6) is 0.538. The van der Waals surface area contributed by atoms with E-state index < -0.39 is 0 Å². The van der Waals surface area contributed by atoms with E-state index in [4.69, 9.17) is 11.6 Å². The molecule has 0 spiro atoms. The number of hydrogen-bond donors (Lipinski definition) is 1. The van der Waals surface area contributed by atoms with E-state index in [0.717, 1.165) is 5.56 Å². The lowest BCUT2D eigenvalue weighted by atomic mass is 10.2. The number of pyridine rings is 1. The highest BCUT2D eigenvalue weighted by Crippen LogP contribution is 2.12. The number of carbonyl (C=O) groups is 1. The summed E-state index contributed by atoms with van der Waals surface area (Å²) in [7, 11) is 0. The number of nitrogens with one attached hydrogen (secondary N) is 1. The van der Waals surface area contributed by atoms with Gasteiger partial charge in [-0.25, -0.2) is 9.67 Å². The summed E-state index contributed by atoms with van der Waals surface area (Å²) in [6.45, 7) is 0.366. The van der Waals surface area contributed by atoms with Crippen LogP contribution in [0.2, 0.25) is 5.02 Å². The highest BCUT2D eigenvalue weighted by atomic mass is 35.5. The molecule has 0 aliphatic carbocycles. The standard InChI is InChI=1S/C16H13ClN4O/c17-14-6-4-12(5-7-14)16(22)19-11-13-3-1-8-18-15(13)21-10-2-9-20-21/h1-10H,11H2,(H,19,22). The molecule has 0 aliphatic heterocycles. The molecule has 0 radical (unpaired) electrons. The maximum absolute atomic E-state index is 12.1. The van der Waals surface area contributed by atoms with E-state index in [-0.39, 0.29) is 5.91 Å². The van der Waals surface area contributed by atoms with Gasteiger partial charge in [0.25, 0.3) is 5.91 Å². The molecule has 1 N–H and O–H groups in total. The second kappa shape index (κ2) is 6.41. The van der Waals surface area contributed by atoms with Crippen molar-refractivity contribution in [2.24, 2.45) is 0 Å². The molecule has 0 aliphatic rings. The van der Waals surface area contributed by atoms with Crippen molar-refractivity contribution in [3.05, 3.63) is 77.2 Å². The van der Waals surface area contributed by atoms with Gasteiger partial charge in [0.1, 0.15) is 0 Å². The Hall–Kier alpha value is -2.66. The second-order valence-electron chi connectivity index (χ2n) is 4.63. The highest BCUT2D eigenvalue weighted by Gasteiger charge is 2.09. The molecule has 0 fully saturated rings. The van der Waals surface area contributed by atoms with Crippen molar-refractivity contribution in [2.75, 3.05) is 0 Å². The molecule has 3 rings (SSSR count). The van der Waals surface area contributed by atoms with Crippen LogP contribution in [0.4, 0.5) is 0 Å². The van der Waals surface area contributed by atoms with E-state index in [9.17, 15) is 4.79 Å². The Labute approximate surface area is 132 Å². The number of rotatable bonds is 4. The molecule has 6 heteroatoms. The van der Waals surface area contributed by atoms with Gasteiger partial charge in [0.15, 0.2) is 5.82 Å². The van der Waals surface area contributed by atoms with Gasteiger partial charge in [-0.3, -0.25) is 4.79 Å². The fourth-order valence-electron chi connectivity index (χ4n) is 2.05. The van der Waals surface area contributed by atoms with Crippen molar-refractivity contribution >= 4 is 17.5 Å². The van der Waals surface area contributed by atoms with Crippen LogP contribution in [0.1, 0.15) is 15.9 Å². The first kappa shape index (κ1) is 14.3. The molecule has 1 aromatic carbocycles. The smallest absolute Gasteiger partial charge is 0.251 e. The monoisotopic (exact) mass is 312 g/mol. The summed E-state index contributed by atoms with van der Waals surface area (Å²) >= 11 is 5.82. The average molecular weight is 313 g/mol. The zero-order valence-electron chi connectivity index (χ0n) is 11.6. The third-order valence-corrected chi connectivity index (χ3v) is 3.39. The summed E-state index contributed by atoms with van der Waals surface area (Å²) in [5, 5.41) is 7.64. The van der Waals surface area contributed by atoms with Crippen LogP contribution in [0.3, 0.4) is 0 Å². The van der Waals surface area contributed by atoms with E-state index in [1.807, 2.05) is 24.4 Å². The van der Waals surface area contributed by atoms with Crippen molar-refractivity contribution in [3.63, 3.8) is 0 Å². The number of amides is 1. The lowest BCUT2D eigenvalue weighted by molar-refractivity contribution is 0.0951. The van der Waals surface area contributed by atoms with Gasteiger partial charge >= 0.3 is 0 Å². The minimum atomic E-state index is -0.160. The van der Waals surface area contributed by atoms with Crippen molar-refractivity contribution in [1.29, 1.82) is 0 Å². The minimum absolute atomic E-state index is 0.160.